The fourth-order valence-corrected chi connectivity index (χ4v) is 3.93. The molecule has 35 heavy (non-hydrogen) atoms. The molecule has 2 aromatic rings. The third-order valence-electron chi connectivity index (χ3n) is 6.59. The number of ether oxygens (including phenoxy) is 1. The highest BCUT2D eigenvalue weighted by molar-refractivity contribution is 5.97. The number of carbonyl (C=O) groups excluding carboxylic acids is 1. The second-order valence-electron chi connectivity index (χ2n) is 10.5. The minimum atomic E-state index is -1.06. The predicted molar refractivity (Wildman–Crippen MR) is 139 cm³/mol. The summed E-state index contributed by atoms with van der Waals surface area (Å²) in [4.78, 5) is 23.4. The molecule has 192 valence electrons. The Morgan fingerprint density at radius 1 is 1.06 bits per heavy atom. The summed E-state index contributed by atoms with van der Waals surface area (Å²) in [6.07, 6.45) is 2.32. The third-order valence-corrected chi connectivity index (χ3v) is 6.59. The lowest BCUT2D eigenvalue weighted by atomic mass is 9.88. The van der Waals surface area contributed by atoms with Crippen molar-refractivity contribution < 1.29 is 24.5 Å². The summed E-state index contributed by atoms with van der Waals surface area (Å²) in [5, 5.41) is 21.8. The monoisotopic (exact) mass is 483 g/mol. The Morgan fingerprint density at radius 3 is 2.29 bits per heavy atom. The highest BCUT2D eigenvalue weighted by atomic mass is 16.5. The van der Waals surface area contributed by atoms with Gasteiger partial charge in [0, 0.05) is 5.56 Å². The summed E-state index contributed by atoms with van der Waals surface area (Å²) in [5.41, 5.74) is 4.58. The van der Waals surface area contributed by atoms with Crippen molar-refractivity contribution in [3.05, 3.63) is 64.2 Å². The molecular weight excluding hydrogens is 442 g/mol. The highest BCUT2D eigenvalue weighted by Gasteiger charge is 2.23. The molecule has 6 heteroatoms. The average Bonchev–Trinajstić information content (AvgIpc) is 2.77. The van der Waals surface area contributed by atoms with E-state index in [1.165, 1.54) is 12.5 Å². The van der Waals surface area contributed by atoms with Gasteiger partial charge in [0.15, 0.2) is 0 Å². The Hall–Kier alpha value is -2.86. The number of rotatable bonds is 11. The Balaban J connectivity index is 2.02. The zero-order valence-electron chi connectivity index (χ0n) is 22.1. The van der Waals surface area contributed by atoms with Crippen LogP contribution in [0.25, 0.3) is 0 Å². The van der Waals surface area contributed by atoms with Crippen LogP contribution < -0.4 is 10.1 Å². The number of nitrogens with one attached hydrogen (secondary N) is 1. The van der Waals surface area contributed by atoms with Gasteiger partial charge in [-0.25, -0.2) is 0 Å². The summed E-state index contributed by atoms with van der Waals surface area (Å²) in [6, 6.07) is 11.1. The molecule has 1 amide bonds. The maximum atomic E-state index is 12.4. The van der Waals surface area contributed by atoms with Crippen LogP contribution in [0.3, 0.4) is 0 Å². The number of hydrogen-bond acceptors (Lipinski definition) is 4. The van der Waals surface area contributed by atoms with Crippen molar-refractivity contribution in [1.82, 2.24) is 5.32 Å². The van der Waals surface area contributed by atoms with Crippen molar-refractivity contribution in [1.29, 1.82) is 0 Å². The molecule has 2 rings (SSSR count). The van der Waals surface area contributed by atoms with E-state index in [2.05, 4.69) is 24.4 Å². The van der Waals surface area contributed by atoms with Crippen LogP contribution in [-0.4, -0.2) is 40.8 Å². The fourth-order valence-electron chi connectivity index (χ4n) is 3.93. The van der Waals surface area contributed by atoms with Crippen molar-refractivity contribution in [3.63, 3.8) is 0 Å². The molecule has 0 heterocycles. The highest BCUT2D eigenvalue weighted by Crippen LogP contribution is 2.30. The van der Waals surface area contributed by atoms with Crippen molar-refractivity contribution in [3.8, 4) is 5.75 Å². The van der Waals surface area contributed by atoms with E-state index in [4.69, 9.17) is 9.84 Å². The van der Waals surface area contributed by atoms with Gasteiger partial charge in [-0.2, -0.15) is 0 Å². The first-order valence-electron chi connectivity index (χ1n) is 12.4. The Labute approximate surface area is 209 Å². The number of aliphatic hydroxyl groups excluding tert-OH is 1. The van der Waals surface area contributed by atoms with Gasteiger partial charge in [-0.15, -0.1) is 0 Å². The molecule has 3 N–H and O–H groups in total. The van der Waals surface area contributed by atoms with E-state index in [1.54, 1.807) is 6.07 Å². The quantitative estimate of drug-likeness (QED) is 0.397. The minimum absolute atomic E-state index is 0.224. The van der Waals surface area contributed by atoms with E-state index in [0.29, 0.717) is 11.5 Å². The number of carboxylic acid groups (broad SMARTS) is 1. The van der Waals surface area contributed by atoms with Crippen LogP contribution in [0.1, 0.15) is 86.0 Å². The maximum absolute atomic E-state index is 12.4. The van der Waals surface area contributed by atoms with Crippen LogP contribution in [0.2, 0.25) is 0 Å². The molecule has 0 aliphatic rings. The molecule has 0 saturated carbocycles. The van der Waals surface area contributed by atoms with Gasteiger partial charge in [0.25, 0.3) is 5.91 Å². The van der Waals surface area contributed by atoms with E-state index in [0.717, 1.165) is 41.7 Å². The molecule has 0 spiro atoms. The number of aliphatic carboxylic acids is 1. The molecule has 0 aliphatic heterocycles. The first kappa shape index (κ1) is 28.4. The number of aryl methyl sites for hydroxylation is 3. The summed E-state index contributed by atoms with van der Waals surface area (Å²) in [7, 11) is 0. The molecule has 0 saturated heterocycles. The smallest absolute Gasteiger partial charge is 0.325 e. The van der Waals surface area contributed by atoms with Crippen LogP contribution in [0.15, 0.2) is 36.4 Å². The predicted octanol–water partition coefficient (Wildman–Crippen LogP) is 5.42. The van der Waals surface area contributed by atoms with E-state index < -0.39 is 18.1 Å². The third kappa shape index (κ3) is 8.10. The number of hydrogen-bond donors (Lipinski definition) is 3. The lowest BCUT2D eigenvalue weighted by Gasteiger charge is -2.26. The van der Waals surface area contributed by atoms with Crippen LogP contribution in [0.4, 0.5) is 0 Å². The van der Waals surface area contributed by atoms with Crippen molar-refractivity contribution >= 4 is 11.9 Å². The summed E-state index contributed by atoms with van der Waals surface area (Å²) in [5.74, 6) is -0.241. The first-order valence-corrected chi connectivity index (χ1v) is 12.4. The Morgan fingerprint density at radius 2 is 1.74 bits per heavy atom. The molecule has 0 aliphatic carbocycles. The van der Waals surface area contributed by atoms with E-state index >= 15 is 0 Å². The second kappa shape index (κ2) is 12.2. The largest absolute Gasteiger partial charge is 0.491 e. The molecule has 0 aromatic heterocycles. The lowest BCUT2D eigenvalue weighted by Crippen LogP contribution is -2.38. The molecule has 2 aromatic carbocycles. The van der Waals surface area contributed by atoms with E-state index in [-0.39, 0.29) is 17.9 Å². The van der Waals surface area contributed by atoms with Gasteiger partial charge in [0.1, 0.15) is 18.4 Å². The van der Waals surface area contributed by atoms with Gasteiger partial charge < -0.3 is 20.3 Å². The number of carbonyl (C=O) groups is 2. The Bertz CT molecular complexity index is 1020. The molecule has 0 bridgehead atoms. The van der Waals surface area contributed by atoms with Crippen LogP contribution in [0, 0.1) is 19.3 Å². The maximum Gasteiger partial charge on any atom is 0.325 e. The van der Waals surface area contributed by atoms with E-state index in [1.807, 2.05) is 52.8 Å². The van der Waals surface area contributed by atoms with E-state index in [9.17, 15) is 14.7 Å². The van der Waals surface area contributed by atoms with Gasteiger partial charge in [0.2, 0.25) is 0 Å². The fraction of sp³-hybridized carbons (Fsp3) is 0.517. The summed E-state index contributed by atoms with van der Waals surface area (Å²) < 4.78 is 5.89. The second-order valence-corrected chi connectivity index (χ2v) is 10.5. The summed E-state index contributed by atoms with van der Waals surface area (Å²) in [6.45, 7) is 13.8. The van der Waals surface area contributed by atoms with Crippen molar-refractivity contribution in [2.45, 2.75) is 85.8 Å². The molecular formula is C29H41NO5. The summed E-state index contributed by atoms with van der Waals surface area (Å²) >= 11 is 0. The van der Waals surface area contributed by atoms with Crippen LogP contribution in [-0.2, 0) is 11.2 Å². The number of amides is 1. The van der Waals surface area contributed by atoms with Gasteiger partial charge in [-0.1, -0.05) is 52.0 Å². The van der Waals surface area contributed by atoms with Gasteiger partial charge in [-0.3, -0.25) is 9.59 Å². The molecule has 6 nitrogen and oxygen atoms in total. The Kier molecular flexibility index (Phi) is 9.90. The van der Waals surface area contributed by atoms with Crippen LogP contribution in [0.5, 0.6) is 5.75 Å². The van der Waals surface area contributed by atoms with Gasteiger partial charge in [-0.05, 0) is 85.8 Å². The first-order chi connectivity index (χ1) is 16.3. The van der Waals surface area contributed by atoms with Gasteiger partial charge in [0.05, 0.1) is 6.10 Å². The minimum Gasteiger partial charge on any atom is -0.491 e. The zero-order chi connectivity index (χ0) is 26.3. The van der Waals surface area contributed by atoms with Crippen LogP contribution >= 0.6 is 0 Å². The molecule has 3 atom stereocenters. The number of aliphatic hydroxyl groups is 1. The van der Waals surface area contributed by atoms with Crippen molar-refractivity contribution in [2.24, 2.45) is 5.41 Å². The SMILES string of the molecule is CCC(CCc1ccc(C(=O)NC(C)C(=O)O)c(C)c1)c1ccc(OCC(O)C(C)(C)C)c(C)c1. The molecule has 0 fully saturated rings. The van der Waals surface area contributed by atoms with Gasteiger partial charge >= 0.3 is 5.97 Å². The molecule has 0 radical (unpaired) electrons. The zero-order valence-corrected chi connectivity index (χ0v) is 22.1. The average molecular weight is 484 g/mol. The normalized spacial score (nSPS) is 14.2. The number of benzene rings is 2. The molecule has 3 unspecified atom stereocenters. The standard InChI is InChI=1S/C29H41NO5/c1-8-22(23-12-14-25(19(3)16-23)35-17-26(31)29(5,6)7)11-9-21-10-13-24(18(2)15-21)27(32)30-20(4)28(33)34/h10,12-16,20,22,26,31H,8-9,11,17H2,1-7H3,(H,30,32)(H,33,34). The van der Waals surface area contributed by atoms with Crippen molar-refractivity contribution in [2.75, 3.05) is 6.61 Å². The lowest BCUT2D eigenvalue weighted by molar-refractivity contribution is -0.138. The topological polar surface area (TPSA) is 95.9 Å². The number of carboxylic acids is 1.